The summed E-state index contributed by atoms with van der Waals surface area (Å²) in [4.78, 5) is 2.55. The number of likely N-dealkylation sites (N-methyl/N-ethyl adjacent to an activating group) is 1. The summed E-state index contributed by atoms with van der Waals surface area (Å²) in [5, 5.41) is 0. The SMILES string of the molecule is CN(CC(N)CC1CCCCC1)C1CCCCC1. The Morgan fingerprint density at radius 3 is 2.11 bits per heavy atom. The molecule has 1 atom stereocenters. The standard InChI is InChI=1S/C16H32N2/c1-18(16-10-6-3-7-11-16)13-15(17)12-14-8-4-2-5-9-14/h14-16H,2-13,17H2,1H3. The minimum atomic E-state index is 0.403. The molecule has 0 aromatic carbocycles. The highest BCUT2D eigenvalue weighted by Crippen LogP contribution is 2.27. The third-order valence-electron chi connectivity index (χ3n) is 5.08. The van der Waals surface area contributed by atoms with Gasteiger partial charge in [-0.15, -0.1) is 0 Å². The zero-order chi connectivity index (χ0) is 12.8. The van der Waals surface area contributed by atoms with Gasteiger partial charge >= 0.3 is 0 Å². The molecule has 0 aromatic heterocycles. The van der Waals surface area contributed by atoms with Crippen molar-refractivity contribution < 1.29 is 0 Å². The van der Waals surface area contributed by atoms with Crippen molar-refractivity contribution in [1.29, 1.82) is 0 Å². The van der Waals surface area contributed by atoms with Crippen molar-refractivity contribution in [1.82, 2.24) is 4.90 Å². The minimum Gasteiger partial charge on any atom is -0.327 e. The van der Waals surface area contributed by atoms with Crippen LogP contribution in [-0.2, 0) is 0 Å². The van der Waals surface area contributed by atoms with Crippen LogP contribution in [0.25, 0.3) is 0 Å². The van der Waals surface area contributed by atoms with Gasteiger partial charge in [0.15, 0.2) is 0 Å². The van der Waals surface area contributed by atoms with Gasteiger partial charge in [0.05, 0.1) is 0 Å². The summed E-state index contributed by atoms with van der Waals surface area (Å²) < 4.78 is 0. The van der Waals surface area contributed by atoms with Gasteiger partial charge in [-0.1, -0.05) is 51.4 Å². The minimum absolute atomic E-state index is 0.403. The number of hydrogen-bond acceptors (Lipinski definition) is 2. The van der Waals surface area contributed by atoms with Gasteiger partial charge in [0.25, 0.3) is 0 Å². The van der Waals surface area contributed by atoms with Crippen molar-refractivity contribution in [3.05, 3.63) is 0 Å². The van der Waals surface area contributed by atoms with Crippen molar-refractivity contribution in [3.8, 4) is 0 Å². The summed E-state index contributed by atoms with van der Waals surface area (Å²) in [7, 11) is 2.29. The lowest BCUT2D eigenvalue weighted by molar-refractivity contribution is 0.172. The Balaban J connectivity index is 1.67. The van der Waals surface area contributed by atoms with Crippen LogP contribution in [0.15, 0.2) is 0 Å². The van der Waals surface area contributed by atoms with Gasteiger partial charge in [0.1, 0.15) is 0 Å². The highest BCUT2D eigenvalue weighted by Gasteiger charge is 2.22. The summed E-state index contributed by atoms with van der Waals surface area (Å²) in [6.45, 7) is 1.11. The summed E-state index contributed by atoms with van der Waals surface area (Å²) in [5.74, 6) is 0.925. The Morgan fingerprint density at radius 1 is 0.944 bits per heavy atom. The number of nitrogens with two attached hydrogens (primary N) is 1. The van der Waals surface area contributed by atoms with Gasteiger partial charge in [-0.05, 0) is 32.2 Å². The second-order valence-corrected chi connectivity index (χ2v) is 6.73. The lowest BCUT2D eigenvalue weighted by Gasteiger charge is -2.34. The molecule has 2 rings (SSSR count). The molecule has 0 spiro atoms. The van der Waals surface area contributed by atoms with Gasteiger partial charge in [-0.2, -0.15) is 0 Å². The Kier molecular flexibility index (Phi) is 5.97. The van der Waals surface area contributed by atoms with Crippen LogP contribution in [0.2, 0.25) is 0 Å². The molecule has 0 radical (unpaired) electrons. The maximum absolute atomic E-state index is 6.37. The second kappa shape index (κ2) is 7.49. The van der Waals surface area contributed by atoms with Gasteiger partial charge < -0.3 is 10.6 Å². The maximum Gasteiger partial charge on any atom is 0.0170 e. The first-order chi connectivity index (χ1) is 8.75. The molecule has 2 fully saturated rings. The number of rotatable bonds is 5. The van der Waals surface area contributed by atoms with Crippen molar-refractivity contribution in [2.24, 2.45) is 11.7 Å². The van der Waals surface area contributed by atoms with E-state index in [1.165, 1.54) is 70.6 Å². The van der Waals surface area contributed by atoms with Gasteiger partial charge in [-0.25, -0.2) is 0 Å². The topological polar surface area (TPSA) is 29.3 Å². The molecule has 2 N–H and O–H groups in total. The third kappa shape index (κ3) is 4.55. The van der Waals surface area contributed by atoms with Gasteiger partial charge in [-0.3, -0.25) is 0 Å². The van der Waals surface area contributed by atoms with Crippen LogP contribution in [0.4, 0.5) is 0 Å². The van der Waals surface area contributed by atoms with Crippen molar-refractivity contribution in [2.75, 3.05) is 13.6 Å². The molecule has 2 aliphatic rings. The van der Waals surface area contributed by atoms with Crippen molar-refractivity contribution in [3.63, 3.8) is 0 Å². The lowest BCUT2D eigenvalue weighted by Crippen LogP contribution is -2.42. The molecule has 2 nitrogen and oxygen atoms in total. The monoisotopic (exact) mass is 252 g/mol. The van der Waals surface area contributed by atoms with E-state index in [0.29, 0.717) is 6.04 Å². The van der Waals surface area contributed by atoms with E-state index in [1.54, 1.807) is 0 Å². The first kappa shape index (κ1) is 14.3. The lowest BCUT2D eigenvalue weighted by atomic mass is 9.84. The summed E-state index contributed by atoms with van der Waals surface area (Å²) >= 11 is 0. The van der Waals surface area contributed by atoms with Crippen LogP contribution in [-0.4, -0.2) is 30.6 Å². The highest BCUT2D eigenvalue weighted by atomic mass is 15.1. The fourth-order valence-electron chi connectivity index (χ4n) is 3.97. The zero-order valence-electron chi connectivity index (χ0n) is 12.2. The molecule has 2 aliphatic carbocycles. The highest BCUT2D eigenvalue weighted by molar-refractivity contribution is 4.79. The normalized spacial score (nSPS) is 25.5. The van der Waals surface area contributed by atoms with Crippen LogP contribution >= 0.6 is 0 Å². The number of nitrogens with zero attached hydrogens (tertiary/aromatic N) is 1. The molecule has 0 bridgehead atoms. The fraction of sp³-hybridized carbons (Fsp3) is 1.00. The molecule has 106 valence electrons. The second-order valence-electron chi connectivity index (χ2n) is 6.73. The summed E-state index contributed by atoms with van der Waals surface area (Å²) in [6.07, 6.45) is 15.5. The Hall–Kier alpha value is -0.0800. The van der Waals surface area contributed by atoms with Crippen molar-refractivity contribution in [2.45, 2.75) is 82.7 Å². The Morgan fingerprint density at radius 2 is 1.50 bits per heavy atom. The molecule has 0 heterocycles. The van der Waals surface area contributed by atoms with Crippen molar-refractivity contribution >= 4 is 0 Å². The zero-order valence-corrected chi connectivity index (χ0v) is 12.2. The quantitative estimate of drug-likeness (QED) is 0.811. The third-order valence-corrected chi connectivity index (χ3v) is 5.08. The van der Waals surface area contributed by atoms with Crippen LogP contribution in [0.1, 0.15) is 70.6 Å². The molecule has 0 aliphatic heterocycles. The first-order valence-electron chi connectivity index (χ1n) is 8.21. The molecular weight excluding hydrogens is 220 g/mol. The van der Waals surface area contributed by atoms with E-state index in [-0.39, 0.29) is 0 Å². The average molecular weight is 252 g/mol. The molecule has 18 heavy (non-hydrogen) atoms. The first-order valence-corrected chi connectivity index (χ1v) is 8.21. The summed E-state index contributed by atoms with van der Waals surface area (Å²) in [5.41, 5.74) is 6.37. The van der Waals surface area contributed by atoms with Gasteiger partial charge in [0.2, 0.25) is 0 Å². The largest absolute Gasteiger partial charge is 0.327 e. The fourth-order valence-corrected chi connectivity index (χ4v) is 3.97. The molecule has 2 heteroatoms. The van der Waals surface area contributed by atoms with Crippen LogP contribution in [0, 0.1) is 5.92 Å². The van der Waals surface area contributed by atoms with Crippen LogP contribution in [0.5, 0.6) is 0 Å². The van der Waals surface area contributed by atoms with E-state index < -0.39 is 0 Å². The molecule has 2 saturated carbocycles. The van der Waals surface area contributed by atoms with E-state index in [4.69, 9.17) is 5.73 Å². The average Bonchev–Trinajstić information content (AvgIpc) is 2.40. The Labute approximate surface area is 113 Å². The van der Waals surface area contributed by atoms with E-state index in [1.807, 2.05) is 0 Å². The van der Waals surface area contributed by atoms with E-state index in [2.05, 4.69) is 11.9 Å². The van der Waals surface area contributed by atoms with E-state index >= 15 is 0 Å². The molecule has 0 saturated heterocycles. The predicted molar refractivity (Wildman–Crippen MR) is 78.7 cm³/mol. The predicted octanol–water partition coefficient (Wildman–Crippen LogP) is 3.55. The molecule has 0 amide bonds. The Bertz CT molecular complexity index is 217. The van der Waals surface area contributed by atoms with Gasteiger partial charge in [0, 0.05) is 18.6 Å². The number of hydrogen-bond donors (Lipinski definition) is 1. The van der Waals surface area contributed by atoms with Crippen LogP contribution in [0.3, 0.4) is 0 Å². The maximum atomic E-state index is 6.37. The molecule has 0 aromatic rings. The molecule has 1 unspecified atom stereocenters. The molecular formula is C16H32N2. The van der Waals surface area contributed by atoms with E-state index in [0.717, 1.165) is 18.5 Å². The smallest absolute Gasteiger partial charge is 0.0170 e. The van der Waals surface area contributed by atoms with E-state index in [9.17, 15) is 0 Å². The summed E-state index contributed by atoms with van der Waals surface area (Å²) in [6, 6.07) is 1.22. The van der Waals surface area contributed by atoms with Crippen LogP contribution < -0.4 is 5.73 Å².